The van der Waals surface area contributed by atoms with Crippen LogP contribution in [0.2, 0.25) is 0 Å². The molecular formula is C9H9N3O3S. The number of carbonyl (C=O) groups excluding carboxylic acids is 1. The molecule has 0 saturated heterocycles. The van der Waals surface area contributed by atoms with Crippen LogP contribution in [0.5, 0.6) is 0 Å². The molecule has 6 nitrogen and oxygen atoms in total. The van der Waals surface area contributed by atoms with Crippen molar-refractivity contribution in [2.24, 2.45) is 10.9 Å². The van der Waals surface area contributed by atoms with Gasteiger partial charge in [-0.2, -0.15) is 0 Å². The Bertz CT molecular complexity index is 672. The van der Waals surface area contributed by atoms with Crippen molar-refractivity contribution in [2.45, 2.75) is 4.90 Å². The Labute approximate surface area is 91.5 Å². The van der Waals surface area contributed by atoms with E-state index in [4.69, 9.17) is 10.9 Å². The van der Waals surface area contributed by atoms with Crippen molar-refractivity contribution in [1.82, 2.24) is 4.57 Å². The standard InChI is InChI=1S/C9H9N3O3S/c10-9(13)12-4-3-6-1-2-7(5-8(6)12)16(11,14)15/h1-5H,(H2,10,13)(H2,11,14,15). The van der Waals surface area contributed by atoms with Gasteiger partial charge in [-0.1, -0.05) is 6.07 Å². The molecule has 0 atom stereocenters. The van der Waals surface area contributed by atoms with Gasteiger partial charge in [0.15, 0.2) is 0 Å². The summed E-state index contributed by atoms with van der Waals surface area (Å²) in [7, 11) is -3.78. The topological polar surface area (TPSA) is 108 Å². The third kappa shape index (κ3) is 1.66. The molecular weight excluding hydrogens is 230 g/mol. The van der Waals surface area contributed by atoms with Crippen LogP contribution >= 0.6 is 0 Å². The van der Waals surface area contributed by atoms with Crippen LogP contribution in [0.15, 0.2) is 35.4 Å². The molecule has 0 fully saturated rings. The Morgan fingerprint density at radius 2 is 1.94 bits per heavy atom. The fourth-order valence-corrected chi connectivity index (χ4v) is 2.01. The van der Waals surface area contributed by atoms with E-state index in [1.54, 1.807) is 12.1 Å². The van der Waals surface area contributed by atoms with Crippen LogP contribution in [0.4, 0.5) is 4.79 Å². The number of benzene rings is 1. The number of hydrogen-bond donors (Lipinski definition) is 2. The molecule has 0 aliphatic rings. The van der Waals surface area contributed by atoms with Crippen LogP contribution in [0, 0.1) is 0 Å². The Balaban J connectivity index is 2.78. The second-order valence-corrected chi connectivity index (χ2v) is 4.85. The summed E-state index contributed by atoms with van der Waals surface area (Å²) in [5.74, 6) is 0. The Hall–Kier alpha value is -1.86. The van der Waals surface area contributed by atoms with Gasteiger partial charge in [0, 0.05) is 11.6 Å². The van der Waals surface area contributed by atoms with Gasteiger partial charge in [0.25, 0.3) is 0 Å². The van der Waals surface area contributed by atoms with Gasteiger partial charge in [-0.25, -0.2) is 18.4 Å². The molecule has 1 heterocycles. The molecule has 84 valence electrons. The number of fused-ring (bicyclic) bond motifs is 1. The number of nitrogens with zero attached hydrogens (tertiary/aromatic N) is 1. The van der Waals surface area contributed by atoms with Gasteiger partial charge in [-0.05, 0) is 18.2 Å². The maximum atomic E-state index is 11.1. The highest BCUT2D eigenvalue weighted by Gasteiger charge is 2.11. The molecule has 4 N–H and O–H groups in total. The summed E-state index contributed by atoms with van der Waals surface area (Å²) < 4.78 is 23.4. The van der Waals surface area contributed by atoms with Crippen molar-refractivity contribution in [1.29, 1.82) is 0 Å². The molecule has 0 saturated carbocycles. The minimum atomic E-state index is -3.78. The van der Waals surface area contributed by atoms with E-state index in [0.717, 1.165) is 4.57 Å². The van der Waals surface area contributed by atoms with Gasteiger partial charge in [0.05, 0.1) is 10.4 Å². The number of sulfonamides is 1. The number of nitrogens with two attached hydrogens (primary N) is 2. The minimum Gasteiger partial charge on any atom is -0.351 e. The van der Waals surface area contributed by atoms with Crippen molar-refractivity contribution in [3.05, 3.63) is 30.5 Å². The van der Waals surface area contributed by atoms with Crippen LogP contribution in [0.1, 0.15) is 0 Å². The molecule has 0 unspecified atom stereocenters. The first kappa shape index (κ1) is 10.7. The van der Waals surface area contributed by atoms with E-state index in [1.165, 1.54) is 18.3 Å². The molecule has 1 aromatic heterocycles. The van der Waals surface area contributed by atoms with Gasteiger partial charge in [-0.3, -0.25) is 4.57 Å². The molecule has 0 radical (unpaired) electrons. The third-order valence-corrected chi connectivity index (χ3v) is 3.14. The average Bonchev–Trinajstić information content (AvgIpc) is 2.58. The number of aromatic nitrogens is 1. The zero-order valence-corrected chi connectivity index (χ0v) is 8.94. The van der Waals surface area contributed by atoms with E-state index in [1.807, 2.05) is 0 Å². The van der Waals surface area contributed by atoms with Crippen LogP contribution in [0.3, 0.4) is 0 Å². The lowest BCUT2D eigenvalue weighted by Gasteiger charge is -2.01. The number of hydrogen-bond acceptors (Lipinski definition) is 3. The summed E-state index contributed by atoms with van der Waals surface area (Å²) in [5, 5.41) is 5.70. The number of primary amides is 1. The van der Waals surface area contributed by atoms with E-state index in [2.05, 4.69) is 0 Å². The zero-order chi connectivity index (χ0) is 11.9. The summed E-state index contributed by atoms with van der Waals surface area (Å²) in [6.45, 7) is 0. The largest absolute Gasteiger partial charge is 0.351 e. The number of amides is 1. The predicted octanol–water partition coefficient (Wildman–Crippen LogP) is 0.215. The lowest BCUT2D eigenvalue weighted by Crippen LogP contribution is -2.18. The van der Waals surface area contributed by atoms with E-state index in [9.17, 15) is 13.2 Å². The quantitative estimate of drug-likeness (QED) is 0.742. The van der Waals surface area contributed by atoms with E-state index < -0.39 is 16.1 Å². The molecule has 0 spiro atoms. The van der Waals surface area contributed by atoms with Crippen molar-refractivity contribution >= 4 is 27.0 Å². The smallest absolute Gasteiger partial charge is 0.323 e. The Kier molecular flexibility index (Phi) is 2.21. The first-order valence-electron chi connectivity index (χ1n) is 4.33. The molecule has 16 heavy (non-hydrogen) atoms. The monoisotopic (exact) mass is 239 g/mol. The van der Waals surface area contributed by atoms with Crippen molar-refractivity contribution in [3.8, 4) is 0 Å². The second-order valence-electron chi connectivity index (χ2n) is 3.29. The predicted molar refractivity (Wildman–Crippen MR) is 58.3 cm³/mol. The molecule has 2 aromatic rings. The minimum absolute atomic E-state index is 0.0544. The first-order valence-corrected chi connectivity index (χ1v) is 5.88. The van der Waals surface area contributed by atoms with Crippen LogP contribution in [-0.4, -0.2) is 19.0 Å². The zero-order valence-electron chi connectivity index (χ0n) is 8.12. The third-order valence-electron chi connectivity index (χ3n) is 2.23. The Morgan fingerprint density at radius 1 is 1.25 bits per heavy atom. The number of carbonyl (C=O) groups is 1. The highest BCUT2D eigenvalue weighted by Crippen LogP contribution is 2.19. The second kappa shape index (κ2) is 3.32. The van der Waals surface area contributed by atoms with Crippen molar-refractivity contribution in [3.63, 3.8) is 0 Å². The molecule has 1 amide bonds. The molecule has 1 aromatic carbocycles. The number of rotatable bonds is 1. The molecule has 0 aliphatic heterocycles. The molecule has 0 aliphatic carbocycles. The van der Waals surface area contributed by atoms with Crippen LogP contribution < -0.4 is 10.9 Å². The van der Waals surface area contributed by atoms with Gasteiger partial charge in [0.2, 0.25) is 10.0 Å². The maximum Gasteiger partial charge on any atom is 0.323 e. The van der Waals surface area contributed by atoms with Crippen molar-refractivity contribution < 1.29 is 13.2 Å². The van der Waals surface area contributed by atoms with Gasteiger partial charge < -0.3 is 5.73 Å². The molecule has 0 bridgehead atoms. The summed E-state index contributed by atoms with van der Waals surface area (Å²) in [5.41, 5.74) is 5.54. The normalized spacial score (nSPS) is 11.8. The van der Waals surface area contributed by atoms with E-state index >= 15 is 0 Å². The van der Waals surface area contributed by atoms with Gasteiger partial charge in [0.1, 0.15) is 0 Å². The Morgan fingerprint density at radius 3 is 2.50 bits per heavy atom. The summed E-state index contributed by atoms with van der Waals surface area (Å²) in [6, 6.07) is 5.24. The number of primary sulfonamides is 1. The average molecular weight is 239 g/mol. The summed E-state index contributed by atoms with van der Waals surface area (Å²) >= 11 is 0. The highest BCUT2D eigenvalue weighted by atomic mass is 32.2. The van der Waals surface area contributed by atoms with Crippen LogP contribution in [0.25, 0.3) is 10.9 Å². The van der Waals surface area contributed by atoms with Crippen LogP contribution in [-0.2, 0) is 10.0 Å². The van der Waals surface area contributed by atoms with E-state index in [0.29, 0.717) is 10.9 Å². The van der Waals surface area contributed by atoms with Gasteiger partial charge >= 0.3 is 6.03 Å². The molecule has 7 heteroatoms. The fraction of sp³-hybridized carbons (Fsp3) is 0. The fourth-order valence-electron chi connectivity index (χ4n) is 1.48. The lowest BCUT2D eigenvalue weighted by molar-refractivity contribution is 0.251. The molecule has 2 rings (SSSR count). The summed E-state index contributed by atoms with van der Waals surface area (Å²) in [4.78, 5) is 11.0. The summed E-state index contributed by atoms with van der Waals surface area (Å²) in [6.07, 6.45) is 1.47. The maximum absolute atomic E-state index is 11.1. The van der Waals surface area contributed by atoms with Crippen molar-refractivity contribution in [2.75, 3.05) is 0 Å². The highest BCUT2D eigenvalue weighted by molar-refractivity contribution is 7.89. The van der Waals surface area contributed by atoms with E-state index in [-0.39, 0.29) is 4.90 Å². The first-order chi connectivity index (χ1) is 7.39. The SMILES string of the molecule is NC(=O)n1ccc2ccc(S(N)(=O)=O)cc21. The lowest BCUT2D eigenvalue weighted by atomic mass is 10.2. The van der Waals surface area contributed by atoms with Gasteiger partial charge in [-0.15, -0.1) is 0 Å².